The Kier molecular flexibility index (Phi) is 5.95. The van der Waals surface area contributed by atoms with Gasteiger partial charge in [0.1, 0.15) is 0 Å². The Morgan fingerprint density at radius 2 is 2.11 bits per heavy atom. The zero-order valence-electron chi connectivity index (χ0n) is 10.3. The second-order valence-electron chi connectivity index (χ2n) is 4.18. The van der Waals surface area contributed by atoms with Gasteiger partial charge in [0.25, 0.3) is 0 Å². The Hall–Kier alpha value is -1.26. The molecule has 1 aromatic carbocycles. The highest BCUT2D eigenvalue weighted by atomic mass is 35.5. The van der Waals surface area contributed by atoms with Gasteiger partial charge < -0.3 is 15.1 Å². The molecule has 0 aliphatic rings. The first-order valence-electron chi connectivity index (χ1n) is 5.94. The average Bonchev–Trinajstić information content (AvgIpc) is 2.31. The van der Waals surface area contributed by atoms with Crippen LogP contribution >= 0.6 is 11.6 Å². The van der Waals surface area contributed by atoms with Crippen LogP contribution in [-0.4, -0.2) is 40.4 Å². The van der Waals surface area contributed by atoms with Crippen LogP contribution in [0.3, 0.4) is 0 Å². The predicted molar refractivity (Wildman–Crippen MR) is 71.1 cm³/mol. The van der Waals surface area contributed by atoms with Gasteiger partial charge in [-0.25, -0.2) is 4.79 Å². The highest BCUT2D eigenvalue weighted by Gasteiger charge is 2.16. The van der Waals surface area contributed by atoms with E-state index < -0.39 is 12.2 Å². The smallest absolute Gasteiger partial charge is 0.407 e. The van der Waals surface area contributed by atoms with E-state index >= 15 is 0 Å². The van der Waals surface area contributed by atoms with E-state index in [1.54, 1.807) is 6.07 Å². The molecule has 1 amide bonds. The average molecular weight is 272 g/mol. The van der Waals surface area contributed by atoms with Crippen molar-refractivity contribution in [1.82, 2.24) is 4.90 Å². The fourth-order valence-corrected chi connectivity index (χ4v) is 1.98. The van der Waals surface area contributed by atoms with Crippen molar-refractivity contribution >= 4 is 17.7 Å². The summed E-state index contributed by atoms with van der Waals surface area (Å²) < 4.78 is 0. The molecule has 0 bridgehead atoms. The maximum atomic E-state index is 10.9. The summed E-state index contributed by atoms with van der Waals surface area (Å²) in [7, 11) is 0. The van der Waals surface area contributed by atoms with Gasteiger partial charge in [0, 0.05) is 18.0 Å². The number of hydrogen-bond acceptors (Lipinski definition) is 2. The van der Waals surface area contributed by atoms with E-state index in [0.29, 0.717) is 18.0 Å². The summed E-state index contributed by atoms with van der Waals surface area (Å²) in [4.78, 5) is 12.2. The van der Waals surface area contributed by atoms with Crippen LogP contribution < -0.4 is 0 Å². The number of hydrogen-bond donors (Lipinski definition) is 2. The molecule has 0 radical (unpaired) electrons. The third-order valence-electron chi connectivity index (χ3n) is 2.61. The van der Waals surface area contributed by atoms with Crippen molar-refractivity contribution in [3.63, 3.8) is 0 Å². The van der Waals surface area contributed by atoms with Crippen LogP contribution in [0, 0.1) is 0 Å². The summed E-state index contributed by atoms with van der Waals surface area (Å²) in [6.45, 7) is 2.43. The SMILES string of the molecule is CCCN(CC(O)Cc1ccccc1Cl)C(=O)O. The van der Waals surface area contributed by atoms with E-state index in [2.05, 4.69) is 0 Å². The maximum Gasteiger partial charge on any atom is 0.407 e. The molecule has 0 aliphatic heterocycles. The first-order chi connectivity index (χ1) is 8.54. The fraction of sp³-hybridized carbons (Fsp3) is 0.462. The third-order valence-corrected chi connectivity index (χ3v) is 2.98. The van der Waals surface area contributed by atoms with Gasteiger partial charge in [-0.05, 0) is 18.1 Å². The standard InChI is InChI=1S/C13H18ClNO3/c1-2-7-15(13(17)18)9-11(16)8-10-5-3-4-6-12(10)14/h3-6,11,16H,2,7-9H2,1H3,(H,17,18). The number of amides is 1. The zero-order valence-corrected chi connectivity index (χ0v) is 11.1. The molecular weight excluding hydrogens is 254 g/mol. The van der Waals surface area contributed by atoms with E-state index in [9.17, 15) is 9.90 Å². The molecule has 0 heterocycles. The predicted octanol–water partition coefficient (Wildman–Crippen LogP) is 2.63. The summed E-state index contributed by atoms with van der Waals surface area (Å²) in [6.07, 6.45) is -0.666. The van der Waals surface area contributed by atoms with Crippen LogP contribution in [0.1, 0.15) is 18.9 Å². The Labute approximate surface area is 112 Å². The molecule has 2 N–H and O–H groups in total. The molecule has 0 saturated heterocycles. The number of benzene rings is 1. The molecule has 0 fully saturated rings. The quantitative estimate of drug-likeness (QED) is 0.836. The minimum atomic E-state index is -1.00. The number of aliphatic hydroxyl groups excluding tert-OH is 1. The molecular formula is C13H18ClNO3. The fourth-order valence-electron chi connectivity index (χ4n) is 1.77. The van der Waals surface area contributed by atoms with E-state index in [-0.39, 0.29) is 6.54 Å². The molecule has 1 rings (SSSR count). The highest BCUT2D eigenvalue weighted by Crippen LogP contribution is 2.17. The van der Waals surface area contributed by atoms with Crippen molar-refractivity contribution in [2.45, 2.75) is 25.9 Å². The maximum absolute atomic E-state index is 10.9. The number of rotatable bonds is 6. The lowest BCUT2D eigenvalue weighted by atomic mass is 10.1. The molecule has 18 heavy (non-hydrogen) atoms. The number of nitrogens with zero attached hydrogens (tertiary/aromatic N) is 1. The molecule has 0 saturated carbocycles. The van der Waals surface area contributed by atoms with Crippen LogP contribution in [0.2, 0.25) is 5.02 Å². The number of carboxylic acid groups (broad SMARTS) is 1. The number of aliphatic hydroxyl groups is 1. The Bertz CT molecular complexity index is 398. The van der Waals surface area contributed by atoms with Crippen molar-refractivity contribution in [3.05, 3.63) is 34.9 Å². The lowest BCUT2D eigenvalue weighted by Gasteiger charge is -2.22. The molecule has 5 heteroatoms. The molecule has 4 nitrogen and oxygen atoms in total. The molecule has 0 aromatic heterocycles. The van der Waals surface area contributed by atoms with Crippen LogP contribution in [0.4, 0.5) is 4.79 Å². The van der Waals surface area contributed by atoms with Gasteiger partial charge in [0.15, 0.2) is 0 Å². The lowest BCUT2D eigenvalue weighted by molar-refractivity contribution is 0.0967. The molecule has 1 aromatic rings. The minimum absolute atomic E-state index is 0.106. The van der Waals surface area contributed by atoms with Gasteiger partial charge in [0.2, 0.25) is 0 Å². The van der Waals surface area contributed by atoms with E-state index in [0.717, 1.165) is 12.0 Å². The molecule has 1 unspecified atom stereocenters. The van der Waals surface area contributed by atoms with Crippen molar-refractivity contribution in [2.75, 3.05) is 13.1 Å². The largest absolute Gasteiger partial charge is 0.465 e. The molecule has 1 atom stereocenters. The summed E-state index contributed by atoms with van der Waals surface area (Å²) in [5, 5.41) is 19.5. The topological polar surface area (TPSA) is 60.8 Å². The van der Waals surface area contributed by atoms with Gasteiger partial charge in [0.05, 0.1) is 12.6 Å². The molecule has 0 spiro atoms. The highest BCUT2D eigenvalue weighted by molar-refractivity contribution is 6.31. The molecule has 100 valence electrons. The van der Waals surface area contributed by atoms with E-state index in [1.165, 1.54) is 4.90 Å². The van der Waals surface area contributed by atoms with Gasteiger partial charge in [-0.2, -0.15) is 0 Å². The van der Waals surface area contributed by atoms with Crippen molar-refractivity contribution < 1.29 is 15.0 Å². The summed E-state index contributed by atoms with van der Waals surface area (Å²) in [5.74, 6) is 0. The van der Waals surface area contributed by atoms with E-state index in [4.69, 9.17) is 16.7 Å². The van der Waals surface area contributed by atoms with Gasteiger partial charge >= 0.3 is 6.09 Å². The second-order valence-corrected chi connectivity index (χ2v) is 4.59. The Morgan fingerprint density at radius 1 is 1.44 bits per heavy atom. The van der Waals surface area contributed by atoms with Crippen molar-refractivity contribution in [2.24, 2.45) is 0 Å². The first-order valence-corrected chi connectivity index (χ1v) is 6.31. The van der Waals surface area contributed by atoms with Crippen LogP contribution in [0.15, 0.2) is 24.3 Å². The Morgan fingerprint density at radius 3 is 2.67 bits per heavy atom. The molecule has 0 aliphatic carbocycles. The zero-order chi connectivity index (χ0) is 13.5. The summed E-state index contributed by atoms with van der Waals surface area (Å²) >= 11 is 5.99. The van der Waals surface area contributed by atoms with E-state index in [1.807, 2.05) is 25.1 Å². The number of carbonyl (C=O) groups is 1. The monoisotopic (exact) mass is 271 g/mol. The first kappa shape index (κ1) is 14.8. The van der Waals surface area contributed by atoms with Gasteiger partial charge in [-0.1, -0.05) is 36.7 Å². The number of halogens is 1. The summed E-state index contributed by atoms with van der Waals surface area (Å²) in [6, 6.07) is 7.24. The van der Waals surface area contributed by atoms with Crippen molar-refractivity contribution in [1.29, 1.82) is 0 Å². The normalized spacial score (nSPS) is 12.2. The van der Waals surface area contributed by atoms with Crippen molar-refractivity contribution in [3.8, 4) is 0 Å². The Balaban J connectivity index is 2.57. The second kappa shape index (κ2) is 7.24. The lowest BCUT2D eigenvalue weighted by Crippen LogP contribution is -2.37. The van der Waals surface area contributed by atoms with Gasteiger partial charge in [-0.15, -0.1) is 0 Å². The van der Waals surface area contributed by atoms with Gasteiger partial charge in [-0.3, -0.25) is 0 Å². The summed E-state index contributed by atoms with van der Waals surface area (Å²) in [5.41, 5.74) is 0.827. The van der Waals surface area contributed by atoms with Crippen LogP contribution in [-0.2, 0) is 6.42 Å². The minimum Gasteiger partial charge on any atom is -0.465 e. The van der Waals surface area contributed by atoms with Crippen LogP contribution in [0.25, 0.3) is 0 Å². The van der Waals surface area contributed by atoms with Crippen LogP contribution in [0.5, 0.6) is 0 Å². The third kappa shape index (κ3) is 4.55.